The molecule has 2 rings (SSSR count). The van der Waals surface area contributed by atoms with Crippen LogP contribution in [0.1, 0.15) is 12.5 Å². The van der Waals surface area contributed by atoms with E-state index in [-0.39, 0.29) is 17.4 Å². The Hall–Kier alpha value is -1.44. The highest BCUT2D eigenvalue weighted by Gasteiger charge is 2.21. The number of rotatable bonds is 7. The van der Waals surface area contributed by atoms with Crippen LogP contribution >= 0.6 is 0 Å². The fraction of sp³-hybridized carbons (Fsp3) is 0.562. The fourth-order valence-electron chi connectivity index (χ4n) is 2.33. The summed E-state index contributed by atoms with van der Waals surface area (Å²) in [5.41, 5.74) is 1.03. The van der Waals surface area contributed by atoms with Crippen LogP contribution in [-0.2, 0) is 26.0 Å². The van der Waals surface area contributed by atoms with E-state index in [4.69, 9.17) is 4.74 Å². The van der Waals surface area contributed by atoms with E-state index in [0.29, 0.717) is 32.8 Å². The van der Waals surface area contributed by atoms with E-state index in [2.05, 4.69) is 10.2 Å². The van der Waals surface area contributed by atoms with Crippen molar-refractivity contribution in [1.82, 2.24) is 10.2 Å². The molecule has 1 amide bonds. The normalized spacial score (nSPS) is 19.2. The van der Waals surface area contributed by atoms with Gasteiger partial charge >= 0.3 is 0 Å². The lowest BCUT2D eigenvalue weighted by atomic mass is 10.2. The van der Waals surface area contributed by atoms with Crippen LogP contribution in [0.4, 0.5) is 0 Å². The summed E-state index contributed by atoms with van der Waals surface area (Å²) in [6.07, 6.45) is -0.517. The summed E-state index contributed by atoms with van der Waals surface area (Å²) >= 11 is 0. The zero-order chi connectivity index (χ0) is 16.7. The maximum Gasteiger partial charge on any atom is 0.248 e. The molecule has 128 valence electrons. The van der Waals surface area contributed by atoms with Gasteiger partial charge in [0.15, 0.2) is 9.84 Å². The Balaban J connectivity index is 1.62. The minimum atomic E-state index is -2.85. The van der Waals surface area contributed by atoms with Gasteiger partial charge in [-0.05, 0) is 12.5 Å². The molecule has 1 fully saturated rings. The van der Waals surface area contributed by atoms with Gasteiger partial charge in [-0.3, -0.25) is 9.69 Å². The summed E-state index contributed by atoms with van der Waals surface area (Å²) in [5, 5.41) is 2.83. The van der Waals surface area contributed by atoms with Crippen LogP contribution in [-0.4, -0.2) is 63.0 Å². The van der Waals surface area contributed by atoms with Gasteiger partial charge in [-0.15, -0.1) is 0 Å². The Morgan fingerprint density at radius 1 is 1.26 bits per heavy atom. The molecule has 0 aromatic heterocycles. The number of carbonyl (C=O) groups is 1. The smallest absolute Gasteiger partial charge is 0.248 e. The number of nitrogens with zero attached hydrogens (tertiary/aromatic N) is 1. The lowest BCUT2D eigenvalue weighted by Crippen LogP contribution is -2.45. The minimum Gasteiger partial charge on any atom is -0.364 e. The first-order valence-corrected chi connectivity index (χ1v) is 9.64. The number of nitrogens with one attached hydrogen (secondary N) is 1. The van der Waals surface area contributed by atoms with Gasteiger partial charge < -0.3 is 10.1 Å². The lowest BCUT2D eigenvalue weighted by molar-refractivity contribution is -0.132. The maximum atomic E-state index is 12.0. The summed E-state index contributed by atoms with van der Waals surface area (Å²) in [6.45, 7) is 4.37. The van der Waals surface area contributed by atoms with Crippen LogP contribution in [0, 0.1) is 0 Å². The number of sulfone groups is 1. The van der Waals surface area contributed by atoms with E-state index in [0.717, 1.165) is 5.56 Å². The molecule has 0 spiro atoms. The van der Waals surface area contributed by atoms with Crippen LogP contribution in [0.25, 0.3) is 0 Å². The van der Waals surface area contributed by atoms with E-state index in [1.165, 1.54) is 0 Å². The zero-order valence-electron chi connectivity index (χ0n) is 13.4. The Morgan fingerprint density at radius 2 is 1.91 bits per heavy atom. The Kier molecular flexibility index (Phi) is 6.56. The van der Waals surface area contributed by atoms with Gasteiger partial charge in [-0.1, -0.05) is 30.3 Å². The van der Waals surface area contributed by atoms with Crippen LogP contribution in [0.2, 0.25) is 0 Å². The Bertz CT molecular complexity index is 590. The molecule has 0 bridgehead atoms. The number of carbonyl (C=O) groups excluding carboxylic acids is 1. The third-order valence-electron chi connectivity index (χ3n) is 3.88. The third-order valence-corrected chi connectivity index (χ3v) is 5.49. The number of hydrogen-bond acceptors (Lipinski definition) is 5. The van der Waals surface area contributed by atoms with E-state index >= 15 is 0 Å². The Morgan fingerprint density at radius 3 is 2.57 bits per heavy atom. The van der Waals surface area contributed by atoms with Crippen molar-refractivity contribution in [2.45, 2.75) is 19.6 Å². The van der Waals surface area contributed by atoms with Crippen molar-refractivity contribution in [1.29, 1.82) is 0 Å². The Labute approximate surface area is 137 Å². The van der Waals surface area contributed by atoms with Gasteiger partial charge in [0.25, 0.3) is 0 Å². The van der Waals surface area contributed by atoms with Crippen LogP contribution in [0.3, 0.4) is 0 Å². The van der Waals surface area contributed by atoms with Crippen LogP contribution < -0.4 is 5.32 Å². The average molecular weight is 340 g/mol. The first kappa shape index (κ1) is 17.9. The van der Waals surface area contributed by atoms with Crippen molar-refractivity contribution >= 4 is 15.7 Å². The highest BCUT2D eigenvalue weighted by Crippen LogP contribution is 2.04. The third kappa shape index (κ3) is 6.29. The van der Waals surface area contributed by atoms with Crippen molar-refractivity contribution < 1.29 is 17.9 Å². The number of benzene rings is 1. The maximum absolute atomic E-state index is 12.0. The van der Waals surface area contributed by atoms with Gasteiger partial charge in [-0.2, -0.15) is 0 Å². The number of ether oxygens (including phenoxy) is 1. The van der Waals surface area contributed by atoms with Crippen molar-refractivity contribution in [2.75, 3.05) is 37.7 Å². The molecule has 1 atom stereocenters. The van der Waals surface area contributed by atoms with E-state index in [9.17, 15) is 13.2 Å². The molecule has 1 heterocycles. The molecule has 0 saturated carbocycles. The summed E-state index contributed by atoms with van der Waals surface area (Å²) in [6, 6.07) is 9.71. The quantitative estimate of drug-likeness (QED) is 0.779. The molecular weight excluding hydrogens is 316 g/mol. The summed E-state index contributed by atoms with van der Waals surface area (Å²) in [4.78, 5) is 14.0. The van der Waals surface area contributed by atoms with Gasteiger partial charge in [0, 0.05) is 26.2 Å². The molecule has 23 heavy (non-hydrogen) atoms. The predicted octanol–water partition coefficient (Wildman–Crippen LogP) is 0.438. The second-order valence-corrected chi connectivity index (χ2v) is 8.03. The first-order valence-electron chi connectivity index (χ1n) is 7.82. The molecule has 0 unspecified atom stereocenters. The minimum absolute atomic E-state index is 0.148. The molecule has 1 N–H and O–H groups in total. The topological polar surface area (TPSA) is 75.7 Å². The van der Waals surface area contributed by atoms with Crippen molar-refractivity contribution in [3.05, 3.63) is 35.9 Å². The molecule has 1 aromatic rings. The fourth-order valence-corrected chi connectivity index (χ4v) is 3.60. The second kappa shape index (κ2) is 8.42. The van der Waals surface area contributed by atoms with Gasteiger partial charge in [-0.25, -0.2) is 8.42 Å². The van der Waals surface area contributed by atoms with Crippen molar-refractivity contribution in [3.8, 4) is 0 Å². The van der Waals surface area contributed by atoms with Gasteiger partial charge in [0.2, 0.25) is 5.91 Å². The average Bonchev–Trinajstić information content (AvgIpc) is 2.55. The van der Waals surface area contributed by atoms with Gasteiger partial charge in [0.1, 0.15) is 6.10 Å². The number of hydrogen-bond donors (Lipinski definition) is 1. The molecule has 1 aliphatic rings. The molecule has 1 aliphatic heterocycles. The van der Waals surface area contributed by atoms with Crippen molar-refractivity contribution in [2.24, 2.45) is 0 Å². The van der Waals surface area contributed by atoms with E-state index in [1.807, 2.05) is 30.3 Å². The summed E-state index contributed by atoms with van der Waals surface area (Å²) < 4.78 is 28.2. The largest absolute Gasteiger partial charge is 0.364 e. The summed E-state index contributed by atoms with van der Waals surface area (Å²) in [7, 11) is -2.85. The standard InChI is InChI=1S/C16H24N2O4S/c1-14(22-13-15-5-3-2-4-6-15)16(19)17-7-8-18-9-11-23(20,21)12-10-18/h2-6,14H,7-13H2,1H3,(H,17,19)/t14-/m0/s1. The highest BCUT2D eigenvalue weighted by molar-refractivity contribution is 7.91. The van der Waals surface area contributed by atoms with Crippen LogP contribution in [0.5, 0.6) is 0 Å². The predicted molar refractivity (Wildman–Crippen MR) is 88.8 cm³/mol. The molecule has 7 heteroatoms. The first-order chi connectivity index (χ1) is 11.0. The highest BCUT2D eigenvalue weighted by atomic mass is 32.2. The van der Waals surface area contributed by atoms with Crippen LogP contribution in [0.15, 0.2) is 30.3 Å². The molecule has 0 aliphatic carbocycles. The lowest BCUT2D eigenvalue weighted by Gasteiger charge is -2.26. The monoisotopic (exact) mass is 340 g/mol. The van der Waals surface area contributed by atoms with E-state index < -0.39 is 15.9 Å². The molecular formula is C16H24N2O4S. The molecule has 6 nitrogen and oxygen atoms in total. The SMILES string of the molecule is C[C@H](OCc1ccccc1)C(=O)NCCN1CCS(=O)(=O)CC1. The molecule has 1 saturated heterocycles. The molecule has 0 radical (unpaired) electrons. The summed E-state index contributed by atoms with van der Waals surface area (Å²) in [5.74, 6) is 0.264. The molecule has 1 aromatic carbocycles. The van der Waals surface area contributed by atoms with Gasteiger partial charge in [0.05, 0.1) is 18.1 Å². The zero-order valence-corrected chi connectivity index (χ0v) is 14.2. The second-order valence-electron chi connectivity index (χ2n) is 5.72. The van der Waals surface area contributed by atoms with Crippen molar-refractivity contribution in [3.63, 3.8) is 0 Å². The number of amides is 1. The van der Waals surface area contributed by atoms with E-state index in [1.54, 1.807) is 6.92 Å².